The Labute approximate surface area is 377 Å². The number of hydrogen-bond acceptors (Lipinski definition) is 1. The van der Waals surface area contributed by atoms with E-state index in [1.165, 1.54) is 77.9 Å². The van der Waals surface area contributed by atoms with Crippen molar-refractivity contribution in [1.82, 2.24) is 0 Å². The fourth-order valence-electron chi connectivity index (χ4n) is 10.2. The summed E-state index contributed by atoms with van der Waals surface area (Å²) in [4.78, 5) is 2.50. The first kappa shape index (κ1) is 38.9. The van der Waals surface area contributed by atoms with Gasteiger partial charge in [0.1, 0.15) is 0 Å². The zero-order chi connectivity index (χ0) is 42.7. The number of anilines is 3. The van der Waals surface area contributed by atoms with E-state index in [-0.39, 0.29) is 0 Å². The molecular formula is C63H47N. The second kappa shape index (κ2) is 17.0. The number of benzene rings is 10. The lowest BCUT2D eigenvalue weighted by Gasteiger charge is -2.35. The van der Waals surface area contributed by atoms with Crippen LogP contribution < -0.4 is 4.90 Å². The summed E-state index contributed by atoms with van der Waals surface area (Å²) in [7, 11) is 0. The number of nitrogens with zero attached hydrogens (tertiary/aromatic N) is 1. The number of fused-ring (bicyclic) bond motifs is 3. The molecule has 10 aromatic carbocycles. The quantitative estimate of drug-likeness (QED) is 0.126. The lowest BCUT2D eigenvalue weighted by Crippen LogP contribution is -2.28. The average Bonchev–Trinajstić information content (AvgIpc) is 3.66. The van der Waals surface area contributed by atoms with Gasteiger partial charge >= 0.3 is 0 Å². The van der Waals surface area contributed by atoms with Crippen molar-refractivity contribution in [3.8, 4) is 33.4 Å². The molecule has 0 atom stereocenters. The van der Waals surface area contributed by atoms with Crippen LogP contribution in [0.25, 0.3) is 33.4 Å². The van der Waals surface area contributed by atoms with Crippen molar-refractivity contribution in [2.45, 2.75) is 18.3 Å². The highest BCUT2D eigenvalue weighted by molar-refractivity contribution is 5.93. The van der Waals surface area contributed by atoms with E-state index in [0.29, 0.717) is 0 Å². The first-order chi connectivity index (χ1) is 31.8. The molecule has 10 aromatic rings. The maximum Gasteiger partial charge on any atom is 0.0714 e. The summed E-state index contributed by atoms with van der Waals surface area (Å²) < 4.78 is 0. The summed E-state index contributed by atoms with van der Waals surface area (Å²) in [6.45, 7) is 0. The molecule has 0 amide bonds. The van der Waals surface area contributed by atoms with Gasteiger partial charge in [-0.2, -0.15) is 0 Å². The summed E-state index contributed by atoms with van der Waals surface area (Å²) >= 11 is 0. The number of para-hydroxylation sites is 1. The van der Waals surface area contributed by atoms with Crippen molar-refractivity contribution >= 4 is 17.1 Å². The van der Waals surface area contributed by atoms with Crippen LogP contribution in [-0.4, -0.2) is 0 Å². The Morgan fingerprint density at radius 2 is 0.734 bits per heavy atom. The molecule has 0 spiro atoms. The molecule has 0 aromatic heterocycles. The van der Waals surface area contributed by atoms with Crippen molar-refractivity contribution in [1.29, 1.82) is 0 Å². The summed E-state index contributed by atoms with van der Waals surface area (Å²) in [5, 5.41) is 0. The van der Waals surface area contributed by atoms with Gasteiger partial charge in [0.15, 0.2) is 0 Å². The Hall–Kier alpha value is -8.00. The van der Waals surface area contributed by atoms with Crippen LogP contribution in [0.2, 0.25) is 0 Å². The van der Waals surface area contributed by atoms with Gasteiger partial charge in [0.25, 0.3) is 0 Å². The van der Waals surface area contributed by atoms with Gasteiger partial charge in [0.05, 0.1) is 11.1 Å². The highest BCUT2D eigenvalue weighted by Crippen LogP contribution is 2.57. The molecule has 64 heavy (non-hydrogen) atoms. The topological polar surface area (TPSA) is 3.24 Å². The van der Waals surface area contributed by atoms with E-state index in [1.54, 1.807) is 0 Å². The van der Waals surface area contributed by atoms with Crippen LogP contribution in [0.15, 0.2) is 261 Å². The van der Waals surface area contributed by atoms with Crippen LogP contribution in [0.4, 0.5) is 17.1 Å². The van der Waals surface area contributed by atoms with Gasteiger partial charge < -0.3 is 4.90 Å². The summed E-state index contributed by atoms with van der Waals surface area (Å²) in [5.41, 5.74) is 20.5. The Morgan fingerprint density at radius 1 is 0.297 bits per heavy atom. The van der Waals surface area contributed by atoms with E-state index < -0.39 is 5.41 Å². The predicted octanol–water partition coefficient (Wildman–Crippen LogP) is 16.0. The summed E-state index contributed by atoms with van der Waals surface area (Å²) in [6, 6.07) is 95.9. The van der Waals surface area contributed by atoms with Gasteiger partial charge in [-0.05, 0) is 115 Å². The predicted molar refractivity (Wildman–Crippen MR) is 268 cm³/mol. The van der Waals surface area contributed by atoms with Crippen LogP contribution >= 0.6 is 0 Å². The van der Waals surface area contributed by atoms with Gasteiger partial charge in [0.2, 0.25) is 0 Å². The Bertz CT molecular complexity index is 3150. The molecule has 0 saturated heterocycles. The monoisotopic (exact) mass is 817 g/mol. The molecule has 0 aliphatic heterocycles. The Morgan fingerprint density at radius 3 is 1.38 bits per heavy atom. The van der Waals surface area contributed by atoms with Gasteiger partial charge in [0, 0.05) is 16.9 Å². The van der Waals surface area contributed by atoms with E-state index in [9.17, 15) is 0 Å². The van der Waals surface area contributed by atoms with Crippen LogP contribution in [-0.2, 0) is 18.3 Å². The fourth-order valence-corrected chi connectivity index (χ4v) is 10.2. The van der Waals surface area contributed by atoms with Gasteiger partial charge in [-0.15, -0.1) is 0 Å². The number of hydrogen-bond donors (Lipinski definition) is 0. The molecule has 0 N–H and O–H groups in total. The third-order valence-corrected chi connectivity index (χ3v) is 13.1. The van der Waals surface area contributed by atoms with E-state index in [2.05, 4.69) is 266 Å². The molecule has 0 bridgehead atoms. The van der Waals surface area contributed by atoms with Crippen molar-refractivity contribution < 1.29 is 0 Å². The standard InChI is InChI=1S/C63H47N/c1-6-22-46(23-7-1)42-49-28-16-17-33-55(49)56-40-38-53(44-50(56)43-47-24-8-2-9-25-47)64(62-37-21-19-34-57(62)48-26-10-3-11-27-48)54-39-41-59-58-35-18-20-36-60(58)63(61(59)45-54,51-29-12-4-13-30-51)52-31-14-5-15-32-52/h1-41,44-45H,42-43H2. The third kappa shape index (κ3) is 7.02. The zero-order valence-corrected chi connectivity index (χ0v) is 35.7. The molecular weight excluding hydrogens is 771 g/mol. The molecule has 304 valence electrons. The van der Waals surface area contributed by atoms with Crippen molar-refractivity contribution in [2.75, 3.05) is 4.90 Å². The normalized spacial score (nSPS) is 12.3. The molecule has 1 heteroatoms. The SMILES string of the molecule is c1ccc(Cc2ccccc2-c2ccc(N(c3ccc4c(c3)C(c3ccccc3)(c3ccccc3)c3ccccc3-4)c3ccccc3-c3ccccc3)cc2Cc2ccccc2)cc1. The molecule has 0 fully saturated rings. The van der Waals surface area contributed by atoms with Gasteiger partial charge in [-0.1, -0.05) is 231 Å². The molecule has 0 saturated carbocycles. The molecule has 0 unspecified atom stereocenters. The molecule has 1 aliphatic carbocycles. The molecule has 0 heterocycles. The molecule has 0 radical (unpaired) electrons. The maximum absolute atomic E-state index is 2.50. The largest absolute Gasteiger partial charge is 0.310 e. The van der Waals surface area contributed by atoms with E-state index >= 15 is 0 Å². The summed E-state index contributed by atoms with van der Waals surface area (Å²) in [5.74, 6) is 0. The molecule has 1 aliphatic rings. The smallest absolute Gasteiger partial charge is 0.0714 e. The van der Waals surface area contributed by atoms with Crippen LogP contribution in [0, 0.1) is 0 Å². The average molecular weight is 818 g/mol. The van der Waals surface area contributed by atoms with Crippen molar-refractivity contribution in [2.24, 2.45) is 0 Å². The van der Waals surface area contributed by atoms with Crippen LogP contribution in [0.3, 0.4) is 0 Å². The maximum atomic E-state index is 2.50. The first-order valence-electron chi connectivity index (χ1n) is 22.3. The lowest BCUT2D eigenvalue weighted by molar-refractivity contribution is 0.768. The Balaban J connectivity index is 1.16. The lowest BCUT2D eigenvalue weighted by atomic mass is 9.67. The molecule has 11 rings (SSSR count). The van der Waals surface area contributed by atoms with Crippen molar-refractivity contribution in [3.05, 3.63) is 305 Å². The highest BCUT2D eigenvalue weighted by Gasteiger charge is 2.46. The van der Waals surface area contributed by atoms with Gasteiger partial charge in [-0.3, -0.25) is 0 Å². The second-order valence-corrected chi connectivity index (χ2v) is 16.8. The van der Waals surface area contributed by atoms with Gasteiger partial charge in [-0.25, -0.2) is 0 Å². The molecule has 1 nitrogen and oxygen atoms in total. The fraction of sp³-hybridized carbons (Fsp3) is 0.0476. The minimum absolute atomic E-state index is 0.528. The second-order valence-electron chi connectivity index (χ2n) is 16.8. The number of rotatable bonds is 11. The zero-order valence-electron chi connectivity index (χ0n) is 35.7. The van der Waals surface area contributed by atoms with Crippen LogP contribution in [0.5, 0.6) is 0 Å². The van der Waals surface area contributed by atoms with E-state index in [4.69, 9.17) is 0 Å². The summed E-state index contributed by atoms with van der Waals surface area (Å²) in [6.07, 6.45) is 1.66. The van der Waals surface area contributed by atoms with E-state index in [0.717, 1.165) is 29.9 Å². The minimum Gasteiger partial charge on any atom is -0.310 e. The van der Waals surface area contributed by atoms with Crippen molar-refractivity contribution in [3.63, 3.8) is 0 Å². The Kier molecular flexibility index (Phi) is 10.4. The first-order valence-corrected chi connectivity index (χ1v) is 22.3. The van der Waals surface area contributed by atoms with Crippen LogP contribution in [0.1, 0.15) is 44.5 Å². The third-order valence-electron chi connectivity index (χ3n) is 13.1. The highest BCUT2D eigenvalue weighted by atomic mass is 15.1. The van der Waals surface area contributed by atoms with E-state index in [1.807, 2.05) is 0 Å². The minimum atomic E-state index is -0.528.